The summed E-state index contributed by atoms with van der Waals surface area (Å²) in [6.45, 7) is 1.84. The van der Waals surface area contributed by atoms with Gasteiger partial charge in [0.25, 0.3) is 0 Å². The lowest BCUT2D eigenvalue weighted by Gasteiger charge is -2.11. The zero-order chi connectivity index (χ0) is 11.9. The molecule has 2 aromatic heterocycles. The fourth-order valence-corrected chi connectivity index (χ4v) is 2.59. The smallest absolute Gasteiger partial charge is 0.348 e. The van der Waals surface area contributed by atoms with Crippen LogP contribution < -0.4 is 4.90 Å². The van der Waals surface area contributed by atoms with Gasteiger partial charge in [-0.3, -0.25) is 0 Å². The van der Waals surface area contributed by atoms with Crippen molar-refractivity contribution in [2.24, 2.45) is 0 Å². The summed E-state index contributed by atoms with van der Waals surface area (Å²) in [7, 11) is 3.60. The summed E-state index contributed by atoms with van der Waals surface area (Å²) in [6, 6.07) is 0. The number of aromatic nitrogens is 2. The second-order valence-electron chi connectivity index (χ2n) is 3.64. The molecule has 0 amide bonds. The molecule has 0 fully saturated rings. The second-order valence-corrected chi connectivity index (χ2v) is 4.64. The van der Waals surface area contributed by atoms with Gasteiger partial charge in [0.2, 0.25) is 0 Å². The Hall–Kier alpha value is -1.69. The number of fused-ring (bicyclic) bond motifs is 1. The molecule has 0 aliphatic heterocycles. The third-order valence-corrected chi connectivity index (χ3v) is 3.19. The van der Waals surface area contributed by atoms with Crippen molar-refractivity contribution in [1.29, 1.82) is 0 Å². The number of hydrogen-bond donors (Lipinski definition) is 1. The van der Waals surface area contributed by atoms with Crippen LogP contribution in [0.1, 0.15) is 15.4 Å². The summed E-state index contributed by atoms with van der Waals surface area (Å²) in [5.74, 6) is -0.939. The van der Waals surface area contributed by atoms with E-state index in [1.165, 1.54) is 0 Å². The van der Waals surface area contributed by atoms with E-state index in [0.717, 1.165) is 17.0 Å². The first-order valence-electron chi connectivity index (χ1n) is 4.67. The number of anilines is 1. The highest BCUT2D eigenvalue weighted by molar-refractivity contribution is 7.21. The van der Waals surface area contributed by atoms with Crippen molar-refractivity contribution in [2.75, 3.05) is 19.0 Å². The normalized spacial score (nSPS) is 10.7. The number of thiophene rings is 1. The zero-order valence-corrected chi connectivity index (χ0v) is 10.00. The molecule has 0 bridgehead atoms. The van der Waals surface area contributed by atoms with Crippen LogP contribution in [0.25, 0.3) is 10.3 Å². The first kappa shape index (κ1) is 10.8. The number of nitrogens with zero attached hydrogens (tertiary/aromatic N) is 3. The third-order valence-electron chi connectivity index (χ3n) is 2.14. The Kier molecular flexibility index (Phi) is 2.51. The van der Waals surface area contributed by atoms with Crippen LogP contribution in [-0.2, 0) is 0 Å². The highest BCUT2D eigenvalue weighted by atomic mass is 32.1. The number of aromatic carboxylic acids is 1. The van der Waals surface area contributed by atoms with E-state index in [9.17, 15) is 4.79 Å². The molecule has 0 aliphatic rings. The number of hydrogen-bond acceptors (Lipinski definition) is 5. The van der Waals surface area contributed by atoms with Crippen LogP contribution in [0, 0.1) is 6.92 Å². The molecule has 16 heavy (non-hydrogen) atoms. The molecule has 5 nitrogen and oxygen atoms in total. The number of rotatable bonds is 2. The van der Waals surface area contributed by atoms with E-state index < -0.39 is 5.97 Å². The molecule has 84 valence electrons. The molecule has 0 atom stereocenters. The first-order valence-corrected chi connectivity index (χ1v) is 5.49. The van der Waals surface area contributed by atoms with Crippen LogP contribution >= 0.6 is 11.3 Å². The monoisotopic (exact) mass is 237 g/mol. The van der Waals surface area contributed by atoms with Crippen molar-refractivity contribution in [3.63, 3.8) is 0 Å². The van der Waals surface area contributed by atoms with Gasteiger partial charge >= 0.3 is 5.97 Å². The summed E-state index contributed by atoms with van der Waals surface area (Å²) in [5.41, 5.74) is 2.06. The summed E-state index contributed by atoms with van der Waals surface area (Å²) in [6.07, 6.45) is 1.65. The van der Waals surface area contributed by atoms with Gasteiger partial charge in [0.1, 0.15) is 15.2 Å². The highest BCUT2D eigenvalue weighted by Crippen LogP contribution is 2.34. The van der Waals surface area contributed by atoms with E-state index in [0.29, 0.717) is 16.0 Å². The fourth-order valence-electron chi connectivity index (χ4n) is 1.50. The van der Waals surface area contributed by atoms with E-state index in [2.05, 4.69) is 9.97 Å². The third kappa shape index (κ3) is 1.61. The summed E-state index contributed by atoms with van der Waals surface area (Å²) in [5, 5.41) is 9.11. The molecular weight excluding hydrogens is 226 g/mol. The van der Waals surface area contributed by atoms with E-state index in [1.807, 2.05) is 6.92 Å². The van der Waals surface area contributed by atoms with Gasteiger partial charge in [0, 0.05) is 20.3 Å². The molecule has 2 aromatic rings. The topological polar surface area (TPSA) is 66.3 Å². The van der Waals surface area contributed by atoms with Gasteiger partial charge in [0.15, 0.2) is 0 Å². The molecule has 6 heteroatoms. The Morgan fingerprint density at radius 2 is 2.19 bits per heavy atom. The zero-order valence-electron chi connectivity index (χ0n) is 9.18. The van der Waals surface area contributed by atoms with Gasteiger partial charge in [-0.05, 0) is 6.92 Å². The molecule has 0 saturated heterocycles. The minimum atomic E-state index is -0.939. The maximum Gasteiger partial charge on any atom is 0.348 e. The predicted molar refractivity (Wildman–Crippen MR) is 63.4 cm³/mol. The molecule has 0 radical (unpaired) electrons. The molecule has 0 spiro atoms. The minimum Gasteiger partial charge on any atom is -0.477 e. The van der Waals surface area contributed by atoms with Crippen molar-refractivity contribution in [1.82, 2.24) is 9.97 Å². The second kappa shape index (κ2) is 3.71. The van der Waals surface area contributed by atoms with Crippen LogP contribution in [0.2, 0.25) is 0 Å². The van der Waals surface area contributed by atoms with Crippen LogP contribution in [0.4, 0.5) is 5.69 Å². The lowest BCUT2D eigenvalue weighted by atomic mass is 10.3. The van der Waals surface area contributed by atoms with E-state index in [1.54, 1.807) is 25.2 Å². The van der Waals surface area contributed by atoms with Gasteiger partial charge in [-0.25, -0.2) is 14.8 Å². The van der Waals surface area contributed by atoms with Crippen LogP contribution in [0.5, 0.6) is 0 Å². The number of aryl methyl sites for hydroxylation is 1. The molecule has 1 N–H and O–H groups in total. The van der Waals surface area contributed by atoms with Crippen molar-refractivity contribution in [3.05, 3.63) is 16.8 Å². The molecule has 0 unspecified atom stereocenters. The summed E-state index contributed by atoms with van der Waals surface area (Å²) < 4.78 is 0. The molecular formula is C10H11N3O2S. The van der Waals surface area contributed by atoms with Crippen molar-refractivity contribution < 1.29 is 9.90 Å². The summed E-state index contributed by atoms with van der Waals surface area (Å²) >= 11 is 1.16. The lowest BCUT2D eigenvalue weighted by Crippen LogP contribution is -2.12. The van der Waals surface area contributed by atoms with Crippen LogP contribution in [0.3, 0.4) is 0 Å². The average Bonchev–Trinajstić information content (AvgIpc) is 2.55. The standard InChI is InChI=1S/C10H11N3O2S/c1-5-4-11-6-7(13(2)3)8(10(14)15)16-9(6)12-5/h4H,1-3H3,(H,14,15). The Bertz CT molecular complexity index is 562. The van der Waals surface area contributed by atoms with Crippen LogP contribution in [0.15, 0.2) is 6.20 Å². The Balaban J connectivity index is 2.81. The van der Waals surface area contributed by atoms with Gasteiger partial charge in [-0.1, -0.05) is 0 Å². The van der Waals surface area contributed by atoms with Gasteiger partial charge < -0.3 is 10.0 Å². The van der Waals surface area contributed by atoms with Gasteiger partial charge in [-0.15, -0.1) is 11.3 Å². The van der Waals surface area contributed by atoms with E-state index in [4.69, 9.17) is 5.11 Å². The Morgan fingerprint density at radius 1 is 1.50 bits per heavy atom. The molecule has 0 aliphatic carbocycles. The van der Waals surface area contributed by atoms with Crippen molar-refractivity contribution in [2.45, 2.75) is 6.92 Å². The minimum absolute atomic E-state index is 0.283. The average molecular weight is 237 g/mol. The first-order chi connectivity index (χ1) is 7.50. The Morgan fingerprint density at radius 3 is 2.75 bits per heavy atom. The molecule has 2 heterocycles. The largest absolute Gasteiger partial charge is 0.477 e. The SMILES string of the molecule is Cc1cnc2c(N(C)C)c(C(=O)O)sc2n1. The van der Waals surface area contributed by atoms with E-state index in [-0.39, 0.29) is 4.88 Å². The van der Waals surface area contributed by atoms with Gasteiger partial charge in [0.05, 0.1) is 11.4 Å². The number of carboxylic acids is 1. The molecule has 0 aromatic carbocycles. The molecule has 0 saturated carbocycles. The number of carbonyl (C=O) groups is 1. The van der Waals surface area contributed by atoms with Crippen molar-refractivity contribution in [3.8, 4) is 0 Å². The Labute approximate surface area is 96.4 Å². The van der Waals surface area contributed by atoms with Crippen LogP contribution in [-0.4, -0.2) is 35.1 Å². The molecule has 2 rings (SSSR count). The maximum atomic E-state index is 11.1. The predicted octanol–water partition coefficient (Wildman–Crippen LogP) is 1.76. The quantitative estimate of drug-likeness (QED) is 0.862. The highest BCUT2D eigenvalue weighted by Gasteiger charge is 2.21. The number of carboxylic acid groups (broad SMARTS) is 1. The maximum absolute atomic E-state index is 11.1. The lowest BCUT2D eigenvalue weighted by molar-refractivity contribution is 0.0703. The van der Waals surface area contributed by atoms with Gasteiger partial charge in [-0.2, -0.15) is 0 Å². The van der Waals surface area contributed by atoms with E-state index >= 15 is 0 Å². The summed E-state index contributed by atoms with van der Waals surface area (Å²) in [4.78, 5) is 22.4. The van der Waals surface area contributed by atoms with Crippen molar-refractivity contribution >= 4 is 33.3 Å². The fraction of sp³-hybridized carbons (Fsp3) is 0.300.